The van der Waals surface area contributed by atoms with Crippen molar-refractivity contribution in [1.82, 2.24) is 19.8 Å². The van der Waals surface area contributed by atoms with Gasteiger partial charge in [-0.15, -0.1) is 0 Å². The molecule has 3 aromatic rings. The topological polar surface area (TPSA) is 86.0 Å². The van der Waals surface area contributed by atoms with Crippen molar-refractivity contribution in [2.45, 2.75) is 50.2 Å². The van der Waals surface area contributed by atoms with Crippen molar-refractivity contribution in [3.05, 3.63) is 77.2 Å². The first-order valence-corrected chi connectivity index (χ1v) is 12.1. The molecule has 1 aromatic carbocycles. The molecule has 1 saturated heterocycles. The van der Waals surface area contributed by atoms with Crippen LogP contribution < -0.4 is 10.6 Å². The minimum absolute atomic E-state index is 0.0144. The Morgan fingerprint density at radius 3 is 2.79 bits per heavy atom. The van der Waals surface area contributed by atoms with E-state index >= 15 is 0 Å². The normalized spacial score (nSPS) is 18.8. The van der Waals surface area contributed by atoms with Crippen LogP contribution in [0, 0.1) is 11.3 Å². The van der Waals surface area contributed by atoms with Gasteiger partial charge in [-0.3, -0.25) is 14.3 Å². The van der Waals surface area contributed by atoms with Crippen LogP contribution in [0.25, 0.3) is 5.82 Å². The zero-order valence-electron chi connectivity index (χ0n) is 19.1. The number of aromatic nitrogens is 2. The fourth-order valence-corrected chi connectivity index (χ4v) is 5.49. The fraction of sp³-hybridized carbons (Fsp3) is 0.370. The Labute approximate surface area is 199 Å². The minimum Gasteiger partial charge on any atom is -0.371 e. The molecule has 1 aliphatic carbocycles. The maximum Gasteiger partial charge on any atom is 0.268 e. The summed E-state index contributed by atoms with van der Waals surface area (Å²) in [7, 11) is 0. The number of hydrogen-bond acceptors (Lipinski definition) is 5. The van der Waals surface area contributed by atoms with Gasteiger partial charge in [0.2, 0.25) is 0 Å². The van der Waals surface area contributed by atoms with Gasteiger partial charge < -0.3 is 10.6 Å². The lowest BCUT2D eigenvalue weighted by Gasteiger charge is -2.46. The third-order valence-corrected chi connectivity index (χ3v) is 7.59. The van der Waals surface area contributed by atoms with E-state index in [-0.39, 0.29) is 11.4 Å². The molecule has 0 radical (unpaired) electrons. The molecule has 2 aliphatic heterocycles. The number of nitrogens with one attached hydrogen (secondary N) is 2. The van der Waals surface area contributed by atoms with Gasteiger partial charge in [-0.2, -0.15) is 5.26 Å². The molecule has 1 spiro atoms. The molecule has 2 N–H and O–H groups in total. The molecule has 0 unspecified atom stereocenters. The molecule has 6 rings (SSSR count). The number of amides is 1. The average Bonchev–Trinajstić information content (AvgIpc) is 3.30. The second kappa shape index (κ2) is 8.30. The Morgan fingerprint density at radius 1 is 1.18 bits per heavy atom. The molecule has 2 aromatic heterocycles. The van der Waals surface area contributed by atoms with E-state index in [1.165, 1.54) is 12.0 Å². The molecule has 7 nitrogen and oxygen atoms in total. The summed E-state index contributed by atoms with van der Waals surface area (Å²) in [6.45, 7) is 2.68. The van der Waals surface area contributed by atoms with Crippen LogP contribution >= 0.6 is 0 Å². The van der Waals surface area contributed by atoms with Crippen molar-refractivity contribution < 1.29 is 4.79 Å². The number of piperidine rings is 1. The number of anilines is 1. The van der Waals surface area contributed by atoms with Gasteiger partial charge >= 0.3 is 0 Å². The van der Waals surface area contributed by atoms with Crippen molar-refractivity contribution in [2.24, 2.45) is 0 Å². The van der Waals surface area contributed by atoms with E-state index in [0.29, 0.717) is 17.3 Å². The number of rotatable bonds is 4. The van der Waals surface area contributed by atoms with Crippen LogP contribution in [0.5, 0.6) is 0 Å². The Hall–Kier alpha value is -3.63. The maximum absolute atomic E-state index is 13.2. The number of benzene rings is 1. The Balaban J connectivity index is 1.27. The summed E-state index contributed by atoms with van der Waals surface area (Å²) in [4.78, 5) is 20.2. The van der Waals surface area contributed by atoms with Crippen molar-refractivity contribution in [1.29, 1.82) is 5.26 Å². The van der Waals surface area contributed by atoms with Gasteiger partial charge in [-0.25, -0.2) is 4.98 Å². The lowest BCUT2D eigenvalue weighted by Crippen LogP contribution is -2.50. The quantitative estimate of drug-likeness (QED) is 0.626. The number of fused-ring (bicyclic) bond motifs is 4. The van der Waals surface area contributed by atoms with Crippen molar-refractivity contribution in [2.75, 3.05) is 18.4 Å². The van der Waals surface area contributed by atoms with Gasteiger partial charge in [0.1, 0.15) is 5.69 Å². The highest BCUT2D eigenvalue weighted by Crippen LogP contribution is 2.44. The van der Waals surface area contributed by atoms with E-state index in [1.807, 2.05) is 30.3 Å². The summed E-state index contributed by atoms with van der Waals surface area (Å²) in [6, 6.07) is 18.4. The number of pyridine rings is 1. The molecule has 4 heterocycles. The molecule has 0 bridgehead atoms. The van der Waals surface area contributed by atoms with Gasteiger partial charge in [-0.05, 0) is 74.1 Å². The largest absolute Gasteiger partial charge is 0.371 e. The number of nitrogens with zero attached hydrogens (tertiary/aromatic N) is 4. The van der Waals surface area contributed by atoms with Gasteiger partial charge in [0.15, 0.2) is 5.82 Å². The summed E-state index contributed by atoms with van der Waals surface area (Å²) >= 11 is 0. The first-order chi connectivity index (χ1) is 16.6. The van der Waals surface area contributed by atoms with Crippen molar-refractivity contribution in [3.8, 4) is 11.9 Å². The summed E-state index contributed by atoms with van der Waals surface area (Å²) in [5.41, 5.74) is 4.38. The Kier molecular flexibility index (Phi) is 5.11. The monoisotopic (exact) mass is 452 g/mol. The first kappa shape index (κ1) is 20.9. The van der Waals surface area contributed by atoms with Crippen molar-refractivity contribution >= 4 is 11.6 Å². The molecule has 0 atom stereocenters. The molecule has 3 aliphatic rings. The molecule has 1 amide bonds. The third kappa shape index (κ3) is 3.55. The van der Waals surface area contributed by atoms with Crippen LogP contribution in [-0.2, 0) is 12.1 Å². The average molecular weight is 453 g/mol. The van der Waals surface area contributed by atoms with Gasteiger partial charge in [-0.1, -0.05) is 12.1 Å². The summed E-state index contributed by atoms with van der Waals surface area (Å²) < 4.78 is 2.08. The first-order valence-electron chi connectivity index (χ1n) is 12.1. The molecule has 172 valence electrons. The predicted octanol–water partition coefficient (Wildman–Crippen LogP) is 3.94. The predicted molar refractivity (Wildman–Crippen MR) is 130 cm³/mol. The zero-order valence-corrected chi connectivity index (χ0v) is 19.1. The van der Waals surface area contributed by atoms with Crippen LogP contribution in [-0.4, -0.2) is 39.5 Å². The van der Waals surface area contributed by atoms with Gasteiger partial charge in [0, 0.05) is 31.9 Å². The Morgan fingerprint density at radius 2 is 2.03 bits per heavy atom. The number of carbonyl (C=O) groups excluding carboxylic acids is 1. The minimum atomic E-state index is -0.240. The van der Waals surface area contributed by atoms with Crippen LogP contribution in [0.2, 0.25) is 0 Å². The van der Waals surface area contributed by atoms with Crippen molar-refractivity contribution in [3.63, 3.8) is 0 Å². The number of nitriles is 1. The van der Waals surface area contributed by atoms with Gasteiger partial charge in [0.05, 0.1) is 28.6 Å². The SMILES string of the molecule is N#Cc1cccc(CN2CCC3(CC2)Nc2cccnc2-n2c(C(=O)NC4CCC4)ccc23)c1. The second-order valence-corrected chi connectivity index (χ2v) is 9.71. The zero-order chi connectivity index (χ0) is 23.1. The maximum atomic E-state index is 13.2. The third-order valence-electron chi connectivity index (χ3n) is 7.59. The summed E-state index contributed by atoms with van der Waals surface area (Å²) in [6.07, 6.45) is 6.94. The molecule has 34 heavy (non-hydrogen) atoms. The molecule has 1 saturated carbocycles. The smallest absolute Gasteiger partial charge is 0.268 e. The van der Waals surface area contributed by atoms with E-state index < -0.39 is 0 Å². The van der Waals surface area contributed by atoms with Crippen LogP contribution in [0.1, 0.15) is 59.4 Å². The van der Waals surface area contributed by atoms with Crippen LogP contribution in [0.15, 0.2) is 54.7 Å². The fourth-order valence-electron chi connectivity index (χ4n) is 5.49. The highest BCUT2D eigenvalue weighted by atomic mass is 16.2. The lowest BCUT2D eigenvalue weighted by atomic mass is 9.82. The van der Waals surface area contributed by atoms with Crippen LogP contribution in [0.3, 0.4) is 0 Å². The highest BCUT2D eigenvalue weighted by Gasteiger charge is 2.43. The molecule has 2 fully saturated rings. The molecular formula is C27H28N6O. The number of carbonyl (C=O) groups is 1. The van der Waals surface area contributed by atoms with Crippen LogP contribution in [0.4, 0.5) is 5.69 Å². The van der Waals surface area contributed by atoms with E-state index in [0.717, 1.165) is 62.5 Å². The van der Waals surface area contributed by atoms with E-state index in [4.69, 9.17) is 0 Å². The number of likely N-dealkylation sites (tertiary alicyclic amines) is 1. The number of hydrogen-bond donors (Lipinski definition) is 2. The van der Waals surface area contributed by atoms with E-state index in [2.05, 4.69) is 49.4 Å². The second-order valence-electron chi connectivity index (χ2n) is 9.71. The lowest BCUT2D eigenvalue weighted by molar-refractivity contribution is 0.0908. The standard InChI is InChI=1S/C27H28N6O/c28-17-19-4-1-5-20(16-19)18-32-14-11-27(12-15-32)24-10-9-23(26(34)30-21-6-2-7-21)33(24)25-22(31-27)8-3-13-29-25/h1,3-5,8-10,13,16,21,31H,2,6-7,11-12,14-15,18H2,(H,30,34). The van der Waals surface area contributed by atoms with Gasteiger partial charge in [0.25, 0.3) is 5.91 Å². The molecular weight excluding hydrogens is 424 g/mol. The van der Waals surface area contributed by atoms with E-state index in [9.17, 15) is 10.1 Å². The highest BCUT2D eigenvalue weighted by molar-refractivity contribution is 5.94. The summed E-state index contributed by atoms with van der Waals surface area (Å²) in [5.74, 6) is 0.780. The Bertz CT molecular complexity index is 1280. The van der Waals surface area contributed by atoms with E-state index in [1.54, 1.807) is 6.20 Å². The molecule has 7 heteroatoms. The summed E-state index contributed by atoms with van der Waals surface area (Å²) in [5, 5.41) is 16.2.